The highest BCUT2D eigenvalue weighted by atomic mass is 16.1. The molecule has 1 nitrogen and oxygen atoms in total. The van der Waals surface area contributed by atoms with Gasteiger partial charge < -0.3 is 0 Å². The van der Waals surface area contributed by atoms with Crippen molar-refractivity contribution in [2.45, 2.75) is 27.2 Å². The van der Waals surface area contributed by atoms with Gasteiger partial charge in [-0.2, -0.15) is 0 Å². The number of Topliss-reactive ketones (excluding diaryl/α,β-unsaturated/α-hetero) is 1. The van der Waals surface area contributed by atoms with Gasteiger partial charge in [-0.05, 0) is 33.1 Å². The topological polar surface area (TPSA) is 17.1 Å². The van der Waals surface area contributed by atoms with E-state index < -0.39 is 0 Å². The Kier molecular flexibility index (Phi) is 1.93. The molecular weight excluding hydrogens is 124 g/mol. The number of ketones is 1. The summed E-state index contributed by atoms with van der Waals surface area (Å²) in [6.07, 6.45) is 3.28. The lowest BCUT2D eigenvalue weighted by atomic mass is 10.2. The summed E-state index contributed by atoms with van der Waals surface area (Å²) in [6.45, 7) is 5.84. The zero-order valence-corrected chi connectivity index (χ0v) is 6.85. The van der Waals surface area contributed by atoms with Gasteiger partial charge in [-0.1, -0.05) is 11.6 Å². The lowest BCUT2D eigenvalue weighted by Crippen LogP contribution is -1.93. The van der Waals surface area contributed by atoms with Crippen molar-refractivity contribution in [3.63, 3.8) is 0 Å². The number of carbonyl (C=O) groups is 1. The molecule has 0 N–H and O–H groups in total. The van der Waals surface area contributed by atoms with Crippen LogP contribution in [0.2, 0.25) is 0 Å². The van der Waals surface area contributed by atoms with E-state index in [1.54, 1.807) is 6.92 Å². The number of carbonyl (C=O) groups excluding carboxylic acids is 1. The van der Waals surface area contributed by atoms with Crippen LogP contribution in [0.4, 0.5) is 0 Å². The van der Waals surface area contributed by atoms with E-state index >= 15 is 0 Å². The van der Waals surface area contributed by atoms with Gasteiger partial charge in [0.15, 0.2) is 0 Å². The predicted molar refractivity (Wildman–Crippen MR) is 41.7 cm³/mol. The Morgan fingerprint density at radius 2 is 2.00 bits per heavy atom. The van der Waals surface area contributed by atoms with Gasteiger partial charge in [0, 0.05) is 5.92 Å². The van der Waals surface area contributed by atoms with Crippen molar-refractivity contribution in [3.8, 4) is 0 Å². The lowest BCUT2D eigenvalue weighted by molar-refractivity contribution is -0.118. The Bertz CT molecular complexity index is 175. The molecule has 0 saturated heterocycles. The van der Waals surface area contributed by atoms with Crippen LogP contribution in [-0.4, -0.2) is 5.78 Å². The van der Waals surface area contributed by atoms with Crippen molar-refractivity contribution >= 4 is 5.78 Å². The predicted octanol–water partition coefficient (Wildman–Crippen LogP) is 2.18. The first kappa shape index (κ1) is 7.52. The van der Waals surface area contributed by atoms with Crippen molar-refractivity contribution in [2.75, 3.05) is 0 Å². The summed E-state index contributed by atoms with van der Waals surface area (Å²) < 4.78 is 0. The Hall–Kier alpha value is -0.590. The molecule has 0 heterocycles. The SMILES string of the molecule is CC(=O)[C@@H]1C[C@H]1C=C(C)C. The van der Waals surface area contributed by atoms with E-state index in [-0.39, 0.29) is 0 Å². The van der Waals surface area contributed by atoms with E-state index in [4.69, 9.17) is 0 Å². The van der Waals surface area contributed by atoms with Crippen LogP contribution in [0.25, 0.3) is 0 Å². The molecule has 0 unspecified atom stereocenters. The third-order valence-corrected chi connectivity index (χ3v) is 1.91. The molecule has 1 aliphatic carbocycles. The van der Waals surface area contributed by atoms with Gasteiger partial charge >= 0.3 is 0 Å². The van der Waals surface area contributed by atoms with Crippen molar-refractivity contribution in [1.82, 2.24) is 0 Å². The Morgan fingerprint density at radius 1 is 1.40 bits per heavy atom. The molecule has 1 heteroatoms. The first-order valence-corrected chi connectivity index (χ1v) is 3.76. The summed E-state index contributed by atoms with van der Waals surface area (Å²) in [5, 5.41) is 0. The number of rotatable bonds is 2. The molecule has 10 heavy (non-hydrogen) atoms. The van der Waals surface area contributed by atoms with Crippen LogP contribution < -0.4 is 0 Å². The average Bonchev–Trinajstić information content (AvgIpc) is 2.43. The maximum absolute atomic E-state index is 10.8. The third-order valence-electron chi connectivity index (χ3n) is 1.91. The molecule has 1 saturated carbocycles. The highest BCUT2D eigenvalue weighted by Crippen LogP contribution is 2.40. The molecule has 1 fully saturated rings. The molecular formula is C9H14O. The molecule has 0 spiro atoms. The monoisotopic (exact) mass is 138 g/mol. The fourth-order valence-electron chi connectivity index (χ4n) is 1.29. The van der Waals surface area contributed by atoms with Gasteiger partial charge in [-0.25, -0.2) is 0 Å². The zero-order chi connectivity index (χ0) is 7.72. The summed E-state index contributed by atoms with van der Waals surface area (Å²) >= 11 is 0. The van der Waals surface area contributed by atoms with E-state index in [1.165, 1.54) is 5.57 Å². The van der Waals surface area contributed by atoms with E-state index in [0.717, 1.165) is 6.42 Å². The Balaban J connectivity index is 2.40. The van der Waals surface area contributed by atoms with Crippen LogP contribution >= 0.6 is 0 Å². The van der Waals surface area contributed by atoms with E-state index in [2.05, 4.69) is 19.9 Å². The number of hydrogen-bond donors (Lipinski definition) is 0. The molecule has 0 aromatic rings. The summed E-state index contributed by atoms with van der Waals surface area (Å²) in [5.74, 6) is 1.28. The molecule has 0 amide bonds. The molecule has 0 aromatic heterocycles. The molecule has 0 bridgehead atoms. The van der Waals surface area contributed by atoms with Crippen molar-refractivity contribution in [2.24, 2.45) is 11.8 Å². The average molecular weight is 138 g/mol. The maximum atomic E-state index is 10.8. The first-order valence-electron chi connectivity index (χ1n) is 3.76. The minimum atomic E-state index is 0.350. The highest BCUT2D eigenvalue weighted by Gasteiger charge is 2.38. The Morgan fingerprint density at radius 3 is 2.30 bits per heavy atom. The van der Waals surface area contributed by atoms with Crippen LogP contribution in [0.3, 0.4) is 0 Å². The van der Waals surface area contributed by atoms with Crippen LogP contribution in [-0.2, 0) is 4.79 Å². The molecule has 56 valence electrons. The van der Waals surface area contributed by atoms with E-state index in [9.17, 15) is 4.79 Å². The summed E-state index contributed by atoms with van der Waals surface area (Å²) in [7, 11) is 0. The molecule has 2 atom stereocenters. The molecule has 0 radical (unpaired) electrons. The Labute approximate surface area is 62.1 Å². The van der Waals surface area contributed by atoms with Gasteiger partial charge in [-0.3, -0.25) is 4.79 Å². The fraction of sp³-hybridized carbons (Fsp3) is 0.667. The van der Waals surface area contributed by atoms with Gasteiger partial charge in [-0.15, -0.1) is 0 Å². The van der Waals surface area contributed by atoms with Gasteiger partial charge in [0.2, 0.25) is 0 Å². The molecule has 1 rings (SSSR count). The number of allylic oxidation sites excluding steroid dienone is 2. The van der Waals surface area contributed by atoms with E-state index in [1.807, 2.05) is 0 Å². The van der Waals surface area contributed by atoms with E-state index in [0.29, 0.717) is 17.6 Å². The molecule has 0 aromatic carbocycles. The maximum Gasteiger partial charge on any atom is 0.133 e. The van der Waals surface area contributed by atoms with Gasteiger partial charge in [0.25, 0.3) is 0 Å². The zero-order valence-electron chi connectivity index (χ0n) is 6.85. The molecule has 1 aliphatic rings. The van der Waals surface area contributed by atoms with Crippen LogP contribution in [0, 0.1) is 11.8 Å². The molecule has 0 aliphatic heterocycles. The highest BCUT2D eigenvalue weighted by molar-refractivity contribution is 5.81. The van der Waals surface area contributed by atoms with Gasteiger partial charge in [0.1, 0.15) is 5.78 Å². The fourth-order valence-corrected chi connectivity index (χ4v) is 1.29. The largest absolute Gasteiger partial charge is 0.300 e. The summed E-state index contributed by atoms with van der Waals surface area (Å²) in [5.41, 5.74) is 1.33. The number of hydrogen-bond acceptors (Lipinski definition) is 1. The first-order chi connectivity index (χ1) is 4.61. The summed E-state index contributed by atoms with van der Waals surface area (Å²) in [6, 6.07) is 0. The lowest BCUT2D eigenvalue weighted by Gasteiger charge is -1.88. The third kappa shape index (κ3) is 1.69. The smallest absolute Gasteiger partial charge is 0.133 e. The van der Waals surface area contributed by atoms with Crippen LogP contribution in [0.5, 0.6) is 0 Å². The second kappa shape index (κ2) is 2.57. The van der Waals surface area contributed by atoms with Crippen LogP contribution in [0.1, 0.15) is 27.2 Å². The minimum Gasteiger partial charge on any atom is -0.300 e. The van der Waals surface area contributed by atoms with Crippen LogP contribution in [0.15, 0.2) is 11.6 Å². The second-order valence-corrected chi connectivity index (χ2v) is 3.36. The van der Waals surface area contributed by atoms with Gasteiger partial charge in [0.05, 0.1) is 0 Å². The standard InChI is InChI=1S/C9H14O/c1-6(2)4-8-5-9(8)7(3)10/h4,8-9H,5H2,1-3H3/t8-,9+/m1/s1. The van der Waals surface area contributed by atoms with Crippen molar-refractivity contribution < 1.29 is 4.79 Å². The van der Waals surface area contributed by atoms with Crippen molar-refractivity contribution in [1.29, 1.82) is 0 Å². The minimum absolute atomic E-state index is 0.350. The van der Waals surface area contributed by atoms with Crippen molar-refractivity contribution in [3.05, 3.63) is 11.6 Å². The normalized spacial score (nSPS) is 29.5. The second-order valence-electron chi connectivity index (χ2n) is 3.36. The quantitative estimate of drug-likeness (QED) is 0.534. The summed E-state index contributed by atoms with van der Waals surface area (Å²) in [4.78, 5) is 10.8.